The van der Waals surface area contributed by atoms with Crippen LogP contribution in [0.2, 0.25) is 0 Å². The van der Waals surface area contributed by atoms with Crippen molar-refractivity contribution in [3.63, 3.8) is 0 Å². The minimum Gasteiger partial charge on any atom is -0.493 e. The number of hydrogen-bond donors (Lipinski definition) is 1. The summed E-state index contributed by atoms with van der Waals surface area (Å²) in [5, 5.41) is 6.84. The standard InChI is InChI=1S/C20H29N3O4/c1-5-11-26-16-10-9-15(12-17(16)25-4)13-21-18(24)7-6-8-19-22-20(14(2)3)23-27-19/h9-10,12,14H,5-8,11,13H2,1-4H3,(H,21,24). The van der Waals surface area contributed by atoms with Crippen molar-refractivity contribution >= 4 is 5.91 Å². The maximum atomic E-state index is 12.0. The van der Waals surface area contributed by atoms with E-state index >= 15 is 0 Å². The van der Waals surface area contributed by atoms with Crippen LogP contribution in [0, 0.1) is 0 Å². The fourth-order valence-corrected chi connectivity index (χ4v) is 2.45. The van der Waals surface area contributed by atoms with Crippen molar-refractivity contribution < 1.29 is 18.8 Å². The van der Waals surface area contributed by atoms with Crippen molar-refractivity contribution in [2.24, 2.45) is 0 Å². The van der Waals surface area contributed by atoms with Crippen molar-refractivity contribution in [1.82, 2.24) is 15.5 Å². The monoisotopic (exact) mass is 375 g/mol. The van der Waals surface area contributed by atoms with E-state index in [0.29, 0.717) is 49.9 Å². The van der Waals surface area contributed by atoms with Gasteiger partial charge in [0.25, 0.3) is 0 Å². The fraction of sp³-hybridized carbons (Fsp3) is 0.550. The van der Waals surface area contributed by atoms with Crippen molar-refractivity contribution in [2.75, 3.05) is 13.7 Å². The topological polar surface area (TPSA) is 86.5 Å². The summed E-state index contributed by atoms with van der Waals surface area (Å²) in [7, 11) is 1.61. The van der Waals surface area contributed by atoms with Crippen LogP contribution in [0.4, 0.5) is 0 Å². The van der Waals surface area contributed by atoms with Gasteiger partial charge < -0.3 is 19.3 Å². The van der Waals surface area contributed by atoms with E-state index < -0.39 is 0 Å². The summed E-state index contributed by atoms with van der Waals surface area (Å²) < 4.78 is 16.2. The Kier molecular flexibility index (Phi) is 8.10. The van der Waals surface area contributed by atoms with Gasteiger partial charge in [0, 0.05) is 25.3 Å². The number of methoxy groups -OCH3 is 1. The maximum Gasteiger partial charge on any atom is 0.226 e. The first kappa shape index (κ1) is 20.7. The number of amides is 1. The first-order valence-electron chi connectivity index (χ1n) is 9.42. The molecule has 1 aromatic carbocycles. The lowest BCUT2D eigenvalue weighted by molar-refractivity contribution is -0.121. The van der Waals surface area contributed by atoms with Crippen LogP contribution in [0.5, 0.6) is 11.5 Å². The van der Waals surface area contributed by atoms with Crippen LogP contribution in [0.25, 0.3) is 0 Å². The number of hydrogen-bond acceptors (Lipinski definition) is 6. The molecule has 1 N–H and O–H groups in total. The van der Waals surface area contributed by atoms with E-state index in [1.165, 1.54) is 0 Å². The van der Waals surface area contributed by atoms with Crippen LogP contribution in [0.1, 0.15) is 63.2 Å². The first-order chi connectivity index (χ1) is 13.0. The molecular formula is C20H29N3O4. The second-order valence-corrected chi connectivity index (χ2v) is 6.66. The molecule has 0 saturated heterocycles. The first-order valence-corrected chi connectivity index (χ1v) is 9.42. The summed E-state index contributed by atoms with van der Waals surface area (Å²) in [6.07, 6.45) is 2.61. The Morgan fingerprint density at radius 3 is 2.78 bits per heavy atom. The Labute approximate surface area is 160 Å². The molecule has 0 radical (unpaired) electrons. The van der Waals surface area contributed by atoms with Gasteiger partial charge in [0.05, 0.1) is 13.7 Å². The summed E-state index contributed by atoms with van der Waals surface area (Å²) in [5.41, 5.74) is 0.961. The highest BCUT2D eigenvalue weighted by molar-refractivity contribution is 5.75. The smallest absolute Gasteiger partial charge is 0.226 e. The average Bonchev–Trinajstić information content (AvgIpc) is 3.14. The number of carbonyl (C=O) groups excluding carboxylic acids is 1. The molecule has 0 aliphatic carbocycles. The Bertz CT molecular complexity index is 728. The third-order valence-corrected chi connectivity index (χ3v) is 3.97. The predicted octanol–water partition coefficient (Wildman–Crippen LogP) is 3.63. The highest BCUT2D eigenvalue weighted by Crippen LogP contribution is 2.28. The predicted molar refractivity (Wildman–Crippen MR) is 102 cm³/mol. The molecule has 0 unspecified atom stereocenters. The molecule has 0 spiro atoms. The van der Waals surface area contributed by atoms with E-state index in [0.717, 1.165) is 17.7 Å². The fourth-order valence-electron chi connectivity index (χ4n) is 2.45. The Balaban J connectivity index is 1.76. The van der Waals surface area contributed by atoms with Crippen LogP contribution < -0.4 is 14.8 Å². The lowest BCUT2D eigenvalue weighted by Crippen LogP contribution is -2.22. The summed E-state index contributed by atoms with van der Waals surface area (Å²) in [5.74, 6) is 2.90. The molecule has 0 saturated carbocycles. The number of nitrogens with one attached hydrogen (secondary N) is 1. The van der Waals surface area contributed by atoms with Gasteiger partial charge >= 0.3 is 0 Å². The van der Waals surface area contributed by atoms with Gasteiger partial charge in [-0.15, -0.1) is 0 Å². The van der Waals surface area contributed by atoms with E-state index in [1.54, 1.807) is 7.11 Å². The van der Waals surface area contributed by atoms with Gasteiger partial charge in [-0.1, -0.05) is 32.0 Å². The molecule has 27 heavy (non-hydrogen) atoms. The van der Waals surface area contributed by atoms with E-state index in [4.69, 9.17) is 14.0 Å². The SMILES string of the molecule is CCCOc1ccc(CNC(=O)CCCc2nc(C(C)C)no2)cc1OC. The van der Waals surface area contributed by atoms with Crippen LogP contribution in [0.15, 0.2) is 22.7 Å². The molecule has 0 aliphatic rings. The van der Waals surface area contributed by atoms with Gasteiger partial charge in [-0.2, -0.15) is 4.98 Å². The van der Waals surface area contributed by atoms with E-state index in [2.05, 4.69) is 22.4 Å². The zero-order chi connectivity index (χ0) is 19.6. The van der Waals surface area contributed by atoms with Crippen molar-refractivity contribution in [1.29, 1.82) is 0 Å². The molecule has 2 rings (SSSR count). The largest absolute Gasteiger partial charge is 0.493 e. The number of nitrogens with zero attached hydrogens (tertiary/aromatic N) is 2. The van der Waals surface area contributed by atoms with E-state index in [1.807, 2.05) is 32.0 Å². The van der Waals surface area contributed by atoms with Crippen molar-refractivity contribution in [3.8, 4) is 11.5 Å². The lowest BCUT2D eigenvalue weighted by atomic mass is 10.2. The molecule has 1 amide bonds. The number of aryl methyl sites for hydroxylation is 1. The van der Waals surface area contributed by atoms with Gasteiger partial charge in [-0.3, -0.25) is 4.79 Å². The molecule has 0 bridgehead atoms. The molecule has 1 heterocycles. The molecule has 7 nitrogen and oxygen atoms in total. The number of ether oxygens (including phenoxy) is 2. The van der Waals surface area contributed by atoms with Crippen LogP contribution in [-0.2, 0) is 17.8 Å². The Hall–Kier alpha value is -2.57. The second-order valence-electron chi connectivity index (χ2n) is 6.66. The Morgan fingerprint density at radius 1 is 1.30 bits per heavy atom. The summed E-state index contributed by atoms with van der Waals surface area (Å²) in [6.45, 7) is 7.17. The van der Waals surface area contributed by atoms with Gasteiger partial charge in [0.15, 0.2) is 17.3 Å². The average molecular weight is 375 g/mol. The third-order valence-electron chi connectivity index (χ3n) is 3.97. The normalized spacial score (nSPS) is 10.9. The van der Waals surface area contributed by atoms with Gasteiger partial charge in [0.2, 0.25) is 11.8 Å². The van der Waals surface area contributed by atoms with E-state index in [-0.39, 0.29) is 11.8 Å². The highest BCUT2D eigenvalue weighted by Gasteiger charge is 2.11. The van der Waals surface area contributed by atoms with E-state index in [9.17, 15) is 4.79 Å². The second kappa shape index (κ2) is 10.5. The van der Waals surface area contributed by atoms with Crippen LogP contribution >= 0.6 is 0 Å². The van der Waals surface area contributed by atoms with Crippen LogP contribution in [-0.4, -0.2) is 29.8 Å². The van der Waals surface area contributed by atoms with Crippen LogP contribution in [0.3, 0.4) is 0 Å². The van der Waals surface area contributed by atoms with Gasteiger partial charge in [-0.05, 0) is 30.5 Å². The number of carbonyl (C=O) groups is 1. The molecule has 1 aromatic heterocycles. The summed E-state index contributed by atoms with van der Waals surface area (Å²) in [6, 6.07) is 5.69. The van der Waals surface area contributed by atoms with Gasteiger partial charge in [-0.25, -0.2) is 0 Å². The maximum absolute atomic E-state index is 12.0. The summed E-state index contributed by atoms with van der Waals surface area (Å²) >= 11 is 0. The molecule has 148 valence electrons. The quantitative estimate of drug-likeness (QED) is 0.645. The van der Waals surface area contributed by atoms with Gasteiger partial charge in [0.1, 0.15) is 0 Å². The zero-order valence-electron chi connectivity index (χ0n) is 16.6. The van der Waals surface area contributed by atoms with Crippen molar-refractivity contribution in [2.45, 2.75) is 58.9 Å². The lowest BCUT2D eigenvalue weighted by Gasteiger charge is -2.12. The molecule has 0 aliphatic heterocycles. The molecule has 7 heteroatoms. The molecule has 0 fully saturated rings. The zero-order valence-corrected chi connectivity index (χ0v) is 16.6. The molecular weight excluding hydrogens is 346 g/mol. The third kappa shape index (κ3) is 6.58. The Morgan fingerprint density at radius 2 is 2.11 bits per heavy atom. The minimum absolute atomic E-state index is 0.0103. The molecule has 2 aromatic rings. The number of aromatic nitrogens is 2. The molecule has 0 atom stereocenters. The minimum atomic E-state index is -0.0103. The number of rotatable bonds is 11. The number of benzene rings is 1. The highest BCUT2D eigenvalue weighted by atomic mass is 16.5. The van der Waals surface area contributed by atoms with Crippen molar-refractivity contribution in [3.05, 3.63) is 35.5 Å². The summed E-state index contributed by atoms with van der Waals surface area (Å²) in [4.78, 5) is 16.4.